The van der Waals surface area contributed by atoms with Crippen molar-refractivity contribution in [1.29, 1.82) is 0 Å². The minimum atomic E-state index is -0.227. The van der Waals surface area contributed by atoms with E-state index in [2.05, 4.69) is 6.08 Å². The zero-order valence-electron chi connectivity index (χ0n) is 13.1. The Bertz CT molecular complexity index is 313. The van der Waals surface area contributed by atoms with Crippen LogP contribution in [0.3, 0.4) is 0 Å². The molecule has 3 nitrogen and oxygen atoms in total. The predicted octanol–water partition coefficient (Wildman–Crippen LogP) is 4.18. The van der Waals surface area contributed by atoms with Gasteiger partial charge in [-0.15, -0.1) is 23.5 Å². The Hall–Kier alpha value is -0.260. The number of rotatable bonds is 10. The van der Waals surface area contributed by atoms with Crippen LogP contribution in [-0.4, -0.2) is 41.0 Å². The van der Waals surface area contributed by atoms with Crippen LogP contribution in [0.25, 0.3) is 0 Å². The molecule has 1 unspecified atom stereocenters. The summed E-state index contributed by atoms with van der Waals surface area (Å²) in [5.41, 5.74) is 0. The Labute approximate surface area is 137 Å². The van der Waals surface area contributed by atoms with Crippen LogP contribution in [0.2, 0.25) is 0 Å². The molecule has 1 N–H and O–H groups in total. The first-order valence-electron chi connectivity index (χ1n) is 7.54. The fourth-order valence-corrected chi connectivity index (χ4v) is 5.74. The van der Waals surface area contributed by atoms with Crippen molar-refractivity contribution < 1.29 is 14.6 Å². The van der Waals surface area contributed by atoms with Gasteiger partial charge in [-0.2, -0.15) is 0 Å². The Balaban J connectivity index is 2.40. The average Bonchev–Trinajstić information content (AvgIpc) is 2.48. The summed E-state index contributed by atoms with van der Waals surface area (Å²) in [7, 11) is 3.33. The van der Waals surface area contributed by atoms with Crippen molar-refractivity contribution >= 4 is 23.5 Å². The second kappa shape index (κ2) is 11.3. The van der Waals surface area contributed by atoms with Crippen LogP contribution in [0, 0.1) is 0 Å². The fraction of sp³-hybridized carbons (Fsp3) is 0.750. The molecule has 21 heavy (non-hydrogen) atoms. The summed E-state index contributed by atoms with van der Waals surface area (Å²) in [6.07, 6.45) is 13.2. The lowest BCUT2D eigenvalue weighted by Crippen LogP contribution is -2.30. The minimum Gasteiger partial charge on any atom is -0.505 e. The first-order valence-corrected chi connectivity index (χ1v) is 9.51. The maximum Gasteiger partial charge on any atom is 0.0785 e. The quantitative estimate of drug-likeness (QED) is 0.480. The van der Waals surface area contributed by atoms with Gasteiger partial charge in [0, 0.05) is 0 Å². The van der Waals surface area contributed by atoms with Gasteiger partial charge in [-0.3, -0.25) is 0 Å². The molecule has 0 spiro atoms. The molecule has 1 fully saturated rings. The molecule has 1 atom stereocenters. The van der Waals surface area contributed by atoms with Crippen LogP contribution in [-0.2, 0) is 9.47 Å². The number of ether oxygens (including phenoxy) is 2. The summed E-state index contributed by atoms with van der Waals surface area (Å²) in [5.74, 6) is 2.38. The summed E-state index contributed by atoms with van der Waals surface area (Å²) < 4.78 is 10.00. The van der Waals surface area contributed by atoms with E-state index in [1.54, 1.807) is 26.7 Å². The summed E-state index contributed by atoms with van der Waals surface area (Å²) >= 11 is 4.00. The van der Waals surface area contributed by atoms with Gasteiger partial charge in [0.2, 0.25) is 0 Å². The molecule has 0 radical (unpaired) electrons. The molecule has 0 aromatic heterocycles. The highest BCUT2D eigenvalue weighted by Gasteiger charge is 2.34. The van der Waals surface area contributed by atoms with E-state index in [4.69, 9.17) is 9.47 Å². The normalized spacial score (nSPS) is 20.0. The Morgan fingerprint density at radius 1 is 1.14 bits per heavy atom. The van der Waals surface area contributed by atoms with E-state index < -0.39 is 0 Å². The third-order valence-corrected chi connectivity index (χ3v) is 6.78. The number of thioether (sulfide) groups is 2. The minimum absolute atomic E-state index is 0.120. The van der Waals surface area contributed by atoms with Crippen molar-refractivity contribution in [2.45, 2.75) is 48.7 Å². The third-order valence-electron chi connectivity index (χ3n) is 3.37. The van der Waals surface area contributed by atoms with E-state index in [9.17, 15) is 5.11 Å². The van der Waals surface area contributed by atoms with E-state index in [0.29, 0.717) is 0 Å². The van der Waals surface area contributed by atoms with Gasteiger partial charge in [0.15, 0.2) is 0 Å². The summed E-state index contributed by atoms with van der Waals surface area (Å²) in [6, 6.07) is 0. The Morgan fingerprint density at radius 3 is 2.48 bits per heavy atom. The van der Waals surface area contributed by atoms with Crippen LogP contribution >= 0.6 is 23.5 Å². The molecule has 1 heterocycles. The lowest BCUT2D eigenvalue weighted by atomic mass is 10.0. The van der Waals surface area contributed by atoms with E-state index >= 15 is 0 Å². The van der Waals surface area contributed by atoms with Gasteiger partial charge in [0.05, 0.1) is 36.9 Å². The van der Waals surface area contributed by atoms with Gasteiger partial charge < -0.3 is 14.6 Å². The Morgan fingerprint density at radius 2 is 1.81 bits per heavy atom. The van der Waals surface area contributed by atoms with Gasteiger partial charge in [0.1, 0.15) is 0 Å². The van der Waals surface area contributed by atoms with Crippen LogP contribution < -0.4 is 0 Å². The number of aliphatic hydroxyl groups is 1. The fourth-order valence-electron chi connectivity index (χ4n) is 2.36. The molecule has 0 aromatic rings. The first kappa shape index (κ1) is 18.8. The zero-order chi connectivity index (χ0) is 15.4. The summed E-state index contributed by atoms with van der Waals surface area (Å²) in [5, 5.41) is 10.3. The molecule has 1 aliphatic rings. The molecule has 1 rings (SSSR count). The van der Waals surface area contributed by atoms with Gasteiger partial charge in [-0.25, -0.2) is 0 Å². The lowest BCUT2D eigenvalue weighted by molar-refractivity contribution is 0.148. The van der Waals surface area contributed by atoms with Crippen LogP contribution in [0.15, 0.2) is 24.7 Å². The Kier molecular flexibility index (Phi) is 10.1. The van der Waals surface area contributed by atoms with Crippen molar-refractivity contribution in [3.8, 4) is 0 Å². The second-order valence-electron chi connectivity index (χ2n) is 5.17. The van der Waals surface area contributed by atoms with Gasteiger partial charge in [-0.05, 0) is 62.2 Å². The molecule has 1 aliphatic heterocycles. The molecule has 122 valence electrons. The largest absolute Gasteiger partial charge is 0.505 e. The molecule has 0 amide bonds. The van der Waals surface area contributed by atoms with Crippen molar-refractivity contribution in [2.24, 2.45) is 0 Å². The number of unbranched alkanes of at least 4 members (excludes halogenated alkanes) is 1. The highest BCUT2D eigenvalue weighted by atomic mass is 32.2. The topological polar surface area (TPSA) is 38.7 Å². The maximum absolute atomic E-state index is 10.3. The van der Waals surface area contributed by atoms with Crippen LogP contribution in [0.4, 0.5) is 0 Å². The van der Waals surface area contributed by atoms with Crippen LogP contribution in [0.1, 0.15) is 38.5 Å². The van der Waals surface area contributed by atoms with Crippen molar-refractivity contribution in [1.82, 2.24) is 0 Å². The van der Waals surface area contributed by atoms with Gasteiger partial charge in [0.25, 0.3) is 0 Å². The van der Waals surface area contributed by atoms with E-state index in [1.165, 1.54) is 17.9 Å². The number of aliphatic hydroxyl groups excluding tert-OH is 1. The molecular formula is C16H28O3S2. The van der Waals surface area contributed by atoms with Crippen molar-refractivity contribution in [3.05, 3.63) is 24.7 Å². The van der Waals surface area contributed by atoms with E-state index in [1.807, 2.05) is 29.6 Å². The van der Waals surface area contributed by atoms with E-state index in [-0.39, 0.29) is 10.2 Å². The highest BCUT2D eigenvalue weighted by Crippen LogP contribution is 2.48. The second-order valence-corrected chi connectivity index (χ2v) is 8.38. The molecule has 1 saturated heterocycles. The molecule has 0 bridgehead atoms. The number of methoxy groups -OCH3 is 2. The molecule has 0 saturated carbocycles. The smallest absolute Gasteiger partial charge is 0.0785 e. The molecule has 0 aromatic carbocycles. The number of hydrogen-bond acceptors (Lipinski definition) is 5. The number of allylic oxidation sites excluding steroid dienone is 2. The molecule has 0 aliphatic carbocycles. The standard InChI is InChI=1S/C16H28O3S2/c1-18-10-5-3-4-8-15(17)14-16(9-6-11-19-2)20-12-7-13-21-16/h5-6,10-11,15,17H,3-4,7-9,12-14H2,1-2H3/b10-5+,11-6+. The van der Waals surface area contributed by atoms with Gasteiger partial charge >= 0.3 is 0 Å². The monoisotopic (exact) mass is 332 g/mol. The van der Waals surface area contributed by atoms with Crippen molar-refractivity contribution in [2.75, 3.05) is 25.7 Å². The van der Waals surface area contributed by atoms with Gasteiger partial charge in [-0.1, -0.05) is 0 Å². The summed E-state index contributed by atoms with van der Waals surface area (Å²) in [4.78, 5) is 0. The zero-order valence-corrected chi connectivity index (χ0v) is 14.8. The summed E-state index contributed by atoms with van der Waals surface area (Å²) in [6.45, 7) is 0. The molecule has 5 heteroatoms. The SMILES string of the molecule is CO/C=C/CCCC(O)CC1(C/C=C/OC)SCCCS1. The molecular weight excluding hydrogens is 304 g/mol. The van der Waals surface area contributed by atoms with E-state index in [0.717, 1.165) is 32.1 Å². The van der Waals surface area contributed by atoms with Crippen molar-refractivity contribution in [3.63, 3.8) is 0 Å². The highest BCUT2D eigenvalue weighted by molar-refractivity contribution is 8.18. The van der Waals surface area contributed by atoms with Crippen LogP contribution in [0.5, 0.6) is 0 Å². The number of hydrogen-bond donors (Lipinski definition) is 1. The average molecular weight is 333 g/mol. The lowest BCUT2D eigenvalue weighted by Gasteiger charge is -2.37. The first-order chi connectivity index (χ1) is 10.2. The third kappa shape index (κ3) is 8.07. The predicted molar refractivity (Wildman–Crippen MR) is 93.7 cm³/mol. The maximum atomic E-state index is 10.3.